The van der Waals surface area contributed by atoms with Gasteiger partial charge in [-0.25, -0.2) is 9.97 Å². The molecule has 0 saturated carbocycles. The molecule has 1 unspecified atom stereocenters. The molecule has 7 nitrogen and oxygen atoms in total. The van der Waals surface area contributed by atoms with Crippen molar-refractivity contribution in [3.05, 3.63) is 46.9 Å². The summed E-state index contributed by atoms with van der Waals surface area (Å²) in [5.41, 5.74) is 3.46. The second-order valence-electron chi connectivity index (χ2n) is 8.54. The third-order valence-electron chi connectivity index (χ3n) is 6.41. The highest BCUT2D eigenvalue weighted by Gasteiger charge is 2.31. The number of carbonyl (C=O) groups excluding carboxylic acids is 1. The average molecular weight is 424 g/mol. The van der Waals surface area contributed by atoms with Crippen LogP contribution in [-0.2, 0) is 24.2 Å². The lowest BCUT2D eigenvalue weighted by molar-refractivity contribution is -0.135. The van der Waals surface area contributed by atoms with Crippen LogP contribution in [0.15, 0.2) is 24.3 Å². The number of nitrogens with zero attached hydrogens (tertiary/aromatic N) is 4. The van der Waals surface area contributed by atoms with Crippen molar-refractivity contribution < 1.29 is 9.53 Å². The van der Waals surface area contributed by atoms with Crippen molar-refractivity contribution in [3.63, 3.8) is 0 Å². The maximum absolute atomic E-state index is 13.2. The van der Waals surface area contributed by atoms with Gasteiger partial charge in [0, 0.05) is 45.1 Å². The number of likely N-dealkylation sites (N-methyl/N-ethyl adjacent to an activating group) is 1. The minimum Gasteiger partial charge on any atom is -0.497 e. The van der Waals surface area contributed by atoms with Gasteiger partial charge in [0.05, 0.1) is 18.8 Å². The number of aromatic nitrogens is 2. The van der Waals surface area contributed by atoms with Crippen LogP contribution >= 0.6 is 0 Å². The number of hydrogen-bond acceptors (Lipinski definition) is 6. The Kier molecular flexibility index (Phi) is 6.70. The largest absolute Gasteiger partial charge is 0.497 e. The number of fused-ring (bicyclic) bond motifs is 1. The van der Waals surface area contributed by atoms with E-state index in [9.17, 15) is 4.79 Å². The van der Waals surface area contributed by atoms with Gasteiger partial charge < -0.3 is 19.9 Å². The zero-order chi connectivity index (χ0) is 21.8. The smallest absolute Gasteiger partial charge is 0.223 e. The molecule has 2 aromatic rings. The first-order chi connectivity index (χ1) is 15.1. The Morgan fingerprint density at radius 1 is 1.19 bits per heavy atom. The Morgan fingerprint density at radius 3 is 2.74 bits per heavy atom. The molecule has 0 radical (unpaired) electrons. The highest BCUT2D eigenvalue weighted by molar-refractivity contribution is 5.77. The lowest BCUT2D eigenvalue weighted by atomic mass is 9.99. The fourth-order valence-corrected chi connectivity index (χ4v) is 4.61. The van der Waals surface area contributed by atoms with E-state index in [1.807, 2.05) is 36.2 Å². The van der Waals surface area contributed by atoms with Crippen molar-refractivity contribution >= 4 is 11.7 Å². The molecule has 3 heterocycles. The number of nitrogens with one attached hydrogen (secondary N) is 1. The summed E-state index contributed by atoms with van der Waals surface area (Å²) >= 11 is 0. The van der Waals surface area contributed by atoms with E-state index in [2.05, 4.69) is 17.3 Å². The van der Waals surface area contributed by atoms with Crippen LogP contribution in [0.5, 0.6) is 5.75 Å². The van der Waals surface area contributed by atoms with Gasteiger partial charge in [-0.05, 0) is 50.4 Å². The van der Waals surface area contributed by atoms with Crippen LogP contribution in [-0.4, -0.2) is 60.0 Å². The van der Waals surface area contributed by atoms with E-state index in [-0.39, 0.29) is 11.9 Å². The number of methoxy groups -OCH3 is 1. The van der Waals surface area contributed by atoms with Crippen LogP contribution in [0.4, 0.5) is 5.82 Å². The molecule has 1 fully saturated rings. The van der Waals surface area contributed by atoms with E-state index in [1.54, 1.807) is 7.11 Å². The molecule has 0 spiro atoms. The quantitative estimate of drug-likeness (QED) is 0.769. The summed E-state index contributed by atoms with van der Waals surface area (Å²) in [4.78, 5) is 27.3. The van der Waals surface area contributed by atoms with Gasteiger partial charge in [0.25, 0.3) is 0 Å². The highest BCUT2D eigenvalue weighted by atomic mass is 16.5. The number of likely N-dealkylation sites (tertiary alicyclic amines) is 1. The molecule has 0 bridgehead atoms. The Labute approximate surface area is 184 Å². The number of piperidine rings is 1. The van der Waals surface area contributed by atoms with Crippen molar-refractivity contribution in [2.45, 2.75) is 51.1 Å². The number of aryl methyl sites for hydroxylation is 1. The van der Waals surface area contributed by atoms with Gasteiger partial charge in [0.2, 0.25) is 5.91 Å². The number of amides is 1. The van der Waals surface area contributed by atoms with E-state index in [0.29, 0.717) is 6.42 Å². The van der Waals surface area contributed by atoms with E-state index in [1.165, 1.54) is 5.56 Å². The Bertz CT molecular complexity index is 898. The van der Waals surface area contributed by atoms with Crippen LogP contribution in [0.1, 0.15) is 54.4 Å². The van der Waals surface area contributed by atoms with Crippen LogP contribution in [0.2, 0.25) is 0 Å². The van der Waals surface area contributed by atoms with Crippen LogP contribution in [0.25, 0.3) is 0 Å². The van der Waals surface area contributed by atoms with E-state index < -0.39 is 0 Å². The number of hydrogen-bond donors (Lipinski definition) is 1. The molecule has 1 N–H and O–H groups in total. The lowest BCUT2D eigenvalue weighted by Crippen LogP contribution is -2.40. The molecular weight excluding hydrogens is 390 g/mol. The van der Waals surface area contributed by atoms with Gasteiger partial charge in [-0.2, -0.15) is 0 Å². The zero-order valence-corrected chi connectivity index (χ0v) is 18.9. The van der Waals surface area contributed by atoms with Crippen LogP contribution < -0.4 is 10.1 Å². The van der Waals surface area contributed by atoms with Crippen molar-refractivity contribution in [1.29, 1.82) is 0 Å². The minimum atomic E-state index is -0.0332. The number of benzene rings is 1. The molecule has 1 aromatic heterocycles. The molecule has 0 aliphatic carbocycles. The first-order valence-electron chi connectivity index (χ1n) is 11.3. The Hall–Kier alpha value is -2.67. The van der Waals surface area contributed by atoms with E-state index in [4.69, 9.17) is 14.7 Å². The van der Waals surface area contributed by atoms with Gasteiger partial charge in [-0.3, -0.25) is 4.79 Å². The fraction of sp³-hybridized carbons (Fsp3) is 0.542. The normalized spacial score (nSPS) is 19.1. The summed E-state index contributed by atoms with van der Waals surface area (Å²) in [6.45, 7) is 2.65. The van der Waals surface area contributed by atoms with Crippen molar-refractivity contribution in [1.82, 2.24) is 19.8 Å². The number of anilines is 1. The average Bonchev–Trinajstić information content (AvgIpc) is 2.82. The summed E-state index contributed by atoms with van der Waals surface area (Å²) in [7, 11) is 5.70. The molecule has 1 atom stereocenters. The molecule has 1 saturated heterocycles. The van der Waals surface area contributed by atoms with Gasteiger partial charge in [-0.15, -0.1) is 0 Å². The third-order valence-corrected chi connectivity index (χ3v) is 6.41. The first-order valence-corrected chi connectivity index (χ1v) is 11.3. The molecule has 1 aromatic carbocycles. The molecule has 2 aliphatic rings. The van der Waals surface area contributed by atoms with Crippen molar-refractivity contribution in [2.24, 2.45) is 0 Å². The maximum atomic E-state index is 13.2. The fourth-order valence-electron chi connectivity index (χ4n) is 4.61. The monoisotopic (exact) mass is 423 g/mol. The topological polar surface area (TPSA) is 70.6 Å². The third kappa shape index (κ3) is 4.82. The minimum absolute atomic E-state index is 0.0332. The predicted octanol–water partition coefficient (Wildman–Crippen LogP) is 3.20. The van der Waals surface area contributed by atoms with Gasteiger partial charge in [0.15, 0.2) is 5.82 Å². The standard InChI is InChI=1S/C24H33N5O2/c1-25-23-19-16-28(2)15-13-20(19)26-24(27-23)21-6-4-5-14-29(21)22(30)12-9-17-7-10-18(31-3)11-8-17/h7-8,10-11,21H,4-6,9,12-16H2,1-3H3,(H,25,26,27). The molecule has 1 amide bonds. The maximum Gasteiger partial charge on any atom is 0.223 e. The molecular formula is C24H33N5O2. The SMILES string of the molecule is CNc1nc(C2CCCCN2C(=O)CCc2ccc(OC)cc2)nc2c1CN(C)CC2. The summed E-state index contributed by atoms with van der Waals surface area (Å²) in [5.74, 6) is 2.72. The van der Waals surface area contributed by atoms with Crippen LogP contribution in [0, 0.1) is 0 Å². The molecule has 4 rings (SSSR count). The van der Waals surface area contributed by atoms with E-state index in [0.717, 1.165) is 80.4 Å². The zero-order valence-electron chi connectivity index (χ0n) is 18.9. The summed E-state index contributed by atoms with van der Waals surface area (Å²) in [6.07, 6.45) is 5.22. The first kappa shape index (κ1) is 21.6. The number of carbonyl (C=O) groups is 1. The van der Waals surface area contributed by atoms with Crippen LogP contribution in [0.3, 0.4) is 0 Å². The molecule has 31 heavy (non-hydrogen) atoms. The molecule has 166 valence electrons. The molecule has 2 aliphatic heterocycles. The highest BCUT2D eigenvalue weighted by Crippen LogP contribution is 2.32. The predicted molar refractivity (Wildman–Crippen MR) is 121 cm³/mol. The lowest BCUT2D eigenvalue weighted by Gasteiger charge is -2.36. The molecule has 7 heteroatoms. The van der Waals surface area contributed by atoms with E-state index >= 15 is 0 Å². The Balaban J connectivity index is 1.51. The van der Waals surface area contributed by atoms with Crippen molar-refractivity contribution in [3.8, 4) is 5.75 Å². The second kappa shape index (κ2) is 9.64. The number of rotatable bonds is 6. The summed E-state index contributed by atoms with van der Waals surface area (Å²) < 4.78 is 5.22. The van der Waals surface area contributed by atoms with Gasteiger partial charge in [-0.1, -0.05) is 12.1 Å². The van der Waals surface area contributed by atoms with Gasteiger partial charge in [0.1, 0.15) is 11.6 Å². The Morgan fingerprint density at radius 2 is 2.00 bits per heavy atom. The van der Waals surface area contributed by atoms with Gasteiger partial charge >= 0.3 is 0 Å². The summed E-state index contributed by atoms with van der Waals surface area (Å²) in [5, 5.41) is 3.26. The summed E-state index contributed by atoms with van der Waals surface area (Å²) in [6, 6.07) is 7.92. The van der Waals surface area contributed by atoms with Crippen molar-refractivity contribution in [2.75, 3.05) is 39.6 Å². The second-order valence-corrected chi connectivity index (χ2v) is 8.54. The number of ether oxygens (including phenoxy) is 1.